The van der Waals surface area contributed by atoms with Crippen LogP contribution < -0.4 is 0 Å². The van der Waals surface area contributed by atoms with Crippen molar-refractivity contribution in [2.75, 3.05) is 20.1 Å². The van der Waals surface area contributed by atoms with Crippen molar-refractivity contribution >= 4 is 17.8 Å². The van der Waals surface area contributed by atoms with E-state index in [0.29, 0.717) is 13.1 Å². The fourth-order valence-corrected chi connectivity index (χ4v) is 2.41. The molecule has 0 aromatic carbocycles. The van der Waals surface area contributed by atoms with E-state index in [1.807, 2.05) is 0 Å². The van der Waals surface area contributed by atoms with E-state index in [0.717, 1.165) is 4.90 Å². The number of carboxylic acids is 1. The first-order valence-electron chi connectivity index (χ1n) is 5.21. The first kappa shape index (κ1) is 11.1. The van der Waals surface area contributed by atoms with E-state index in [4.69, 9.17) is 5.11 Å². The Labute approximate surface area is 92.8 Å². The van der Waals surface area contributed by atoms with Gasteiger partial charge in [-0.05, 0) is 6.92 Å². The summed E-state index contributed by atoms with van der Waals surface area (Å²) in [5.74, 6) is -1.99. The smallest absolute Gasteiger partial charge is 0.320 e. The van der Waals surface area contributed by atoms with E-state index in [-0.39, 0.29) is 23.7 Å². The molecule has 0 aromatic heterocycles. The van der Waals surface area contributed by atoms with Crippen molar-refractivity contribution in [1.82, 2.24) is 9.80 Å². The summed E-state index contributed by atoms with van der Waals surface area (Å²) in [6.45, 7) is 2.31. The molecule has 2 heterocycles. The quantitative estimate of drug-likeness (QED) is 0.611. The molecule has 1 N–H and O–H groups in total. The predicted octanol–water partition coefficient (Wildman–Crippen LogP) is -0.994. The van der Waals surface area contributed by atoms with E-state index >= 15 is 0 Å². The number of hydrogen-bond donors (Lipinski definition) is 1. The molecule has 0 aromatic rings. The molecule has 3 atom stereocenters. The molecule has 2 amide bonds. The van der Waals surface area contributed by atoms with Gasteiger partial charge in [-0.3, -0.25) is 24.2 Å². The van der Waals surface area contributed by atoms with Crippen LogP contribution in [0.25, 0.3) is 0 Å². The number of likely N-dealkylation sites (tertiary alicyclic amines) is 2. The maximum absolute atomic E-state index is 11.7. The van der Waals surface area contributed by atoms with Gasteiger partial charge in [0.05, 0.1) is 11.8 Å². The molecule has 6 heteroatoms. The Bertz CT molecular complexity index is 344. The monoisotopic (exact) mass is 226 g/mol. The fraction of sp³-hybridized carbons (Fsp3) is 0.700. The Morgan fingerprint density at radius 3 is 2.12 bits per heavy atom. The van der Waals surface area contributed by atoms with Gasteiger partial charge in [-0.2, -0.15) is 0 Å². The second-order valence-corrected chi connectivity index (χ2v) is 4.42. The molecule has 2 aliphatic rings. The summed E-state index contributed by atoms with van der Waals surface area (Å²) in [5.41, 5.74) is 0. The summed E-state index contributed by atoms with van der Waals surface area (Å²) >= 11 is 0. The largest absolute Gasteiger partial charge is 0.480 e. The highest BCUT2D eigenvalue weighted by Crippen LogP contribution is 2.33. The zero-order chi connectivity index (χ0) is 12.0. The number of carbonyl (C=O) groups is 3. The van der Waals surface area contributed by atoms with Gasteiger partial charge in [0, 0.05) is 20.1 Å². The van der Waals surface area contributed by atoms with Crippen LogP contribution in [-0.4, -0.2) is 58.9 Å². The average molecular weight is 226 g/mol. The minimum absolute atomic E-state index is 0.185. The lowest BCUT2D eigenvalue weighted by atomic mass is 10.00. The van der Waals surface area contributed by atoms with Crippen molar-refractivity contribution < 1.29 is 19.5 Å². The average Bonchev–Trinajstić information content (AvgIpc) is 2.75. The molecule has 0 radical (unpaired) electrons. The summed E-state index contributed by atoms with van der Waals surface area (Å²) in [4.78, 5) is 37.0. The van der Waals surface area contributed by atoms with Crippen LogP contribution in [0.4, 0.5) is 0 Å². The Hall–Kier alpha value is -1.43. The van der Waals surface area contributed by atoms with E-state index in [2.05, 4.69) is 0 Å². The van der Waals surface area contributed by atoms with Crippen molar-refractivity contribution in [3.05, 3.63) is 0 Å². The topological polar surface area (TPSA) is 77.9 Å². The van der Waals surface area contributed by atoms with Gasteiger partial charge in [0.1, 0.15) is 6.04 Å². The van der Waals surface area contributed by atoms with E-state index in [1.165, 1.54) is 7.05 Å². The van der Waals surface area contributed by atoms with Crippen LogP contribution in [0.2, 0.25) is 0 Å². The predicted molar refractivity (Wildman–Crippen MR) is 53.4 cm³/mol. The Morgan fingerprint density at radius 1 is 1.31 bits per heavy atom. The zero-order valence-corrected chi connectivity index (χ0v) is 9.21. The molecule has 2 rings (SSSR count). The van der Waals surface area contributed by atoms with Crippen LogP contribution in [0.1, 0.15) is 6.92 Å². The van der Waals surface area contributed by atoms with Gasteiger partial charge in [-0.25, -0.2) is 0 Å². The van der Waals surface area contributed by atoms with Gasteiger partial charge < -0.3 is 5.11 Å². The maximum Gasteiger partial charge on any atom is 0.320 e. The molecule has 0 unspecified atom stereocenters. The third-order valence-corrected chi connectivity index (χ3v) is 3.55. The lowest BCUT2D eigenvalue weighted by molar-refractivity contribution is -0.144. The number of rotatable bonds is 2. The SMILES string of the molecule is C[C@H](C(=O)O)N1C[C@@H]2C(=O)N(C)C(=O)[C@@H]2C1. The normalized spacial score (nSPS) is 32.0. The van der Waals surface area contributed by atoms with E-state index in [1.54, 1.807) is 11.8 Å². The van der Waals surface area contributed by atoms with Gasteiger partial charge in [0.15, 0.2) is 0 Å². The molecule has 0 spiro atoms. The molecule has 0 bridgehead atoms. The van der Waals surface area contributed by atoms with Crippen molar-refractivity contribution in [3.8, 4) is 0 Å². The van der Waals surface area contributed by atoms with Crippen molar-refractivity contribution in [3.63, 3.8) is 0 Å². The number of aliphatic carboxylic acids is 1. The van der Waals surface area contributed by atoms with Crippen LogP contribution in [0.3, 0.4) is 0 Å². The highest BCUT2D eigenvalue weighted by Gasteiger charge is 2.52. The minimum Gasteiger partial charge on any atom is -0.480 e. The highest BCUT2D eigenvalue weighted by atomic mass is 16.4. The summed E-state index contributed by atoms with van der Waals surface area (Å²) in [6, 6.07) is -0.642. The number of fused-ring (bicyclic) bond motifs is 1. The molecule has 0 saturated carbocycles. The lowest BCUT2D eigenvalue weighted by Crippen LogP contribution is -2.40. The summed E-state index contributed by atoms with van der Waals surface area (Å²) in [6.07, 6.45) is 0. The first-order chi connectivity index (χ1) is 7.43. The lowest BCUT2D eigenvalue weighted by Gasteiger charge is -2.21. The van der Waals surface area contributed by atoms with Gasteiger partial charge in [-0.15, -0.1) is 0 Å². The van der Waals surface area contributed by atoms with Crippen LogP contribution >= 0.6 is 0 Å². The number of amides is 2. The molecule has 2 fully saturated rings. The Kier molecular flexibility index (Phi) is 2.46. The van der Waals surface area contributed by atoms with Crippen LogP contribution in [0, 0.1) is 11.8 Å². The minimum atomic E-state index is -0.923. The Morgan fingerprint density at radius 2 is 1.75 bits per heavy atom. The second kappa shape index (κ2) is 3.55. The molecule has 0 aliphatic carbocycles. The molecule has 88 valence electrons. The third-order valence-electron chi connectivity index (χ3n) is 3.55. The van der Waals surface area contributed by atoms with Crippen molar-refractivity contribution in [1.29, 1.82) is 0 Å². The number of hydrogen-bond acceptors (Lipinski definition) is 4. The van der Waals surface area contributed by atoms with Crippen LogP contribution in [0.15, 0.2) is 0 Å². The summed E-state index contributed by atoms with van der Waals surface area (Å²) in [7, 11) is 1.48. The van der Waals surface area contributed by atoms with Gasteiger partial charge in [0.25, 0.3) is 0 Å². The van der Waals surface area contributed by atoms with E-state index < -0.39 is 12.0 Å². The number of carboxylic acid groups (broad SMARTS) is 1. The maximum atomic E-state index is 11.7. The molecule has 2 saturated heterocycles. The first-order valence-corrected chi connectivity index (χ1v) is 5.21. The second-order valence-electron chi connectivity index (χ2n) is 4.42. The number of carbonyl (C=O) groups excluding carboxylic acids is 2. The molecule has 6 nitrogen and oxygen atoms in total. The fourth-order valence-electron chi connectivity index (χ4n) is 2.41. The third kappa shape index (κ3) is 1.41. The van der Waals surface area contributed by atoms with Gasteiger partial charge in [0.2, 0.25) is 11.8 Å². The molecular formula is C10H14N2O4. The van der Waals surface area contributed by atoms with Gasteiger partial charge >= 0.3 is 5.97 Å². The summed E-state index contributed by atoms with van der Waals surface area (Å²) < 4.78 is 0. The van der Waals surface area contributed by atoms with Crippen LogP contribution in [-0.2, 0) is 14.4 Å². The number of imide groups is 1. The standard InChI is InChI=1S/C10H14N2O4/c1-5(10(15)16)12-3-6-7(4-12)9(14)11(2)8(6)13/h5-7H,3-4H2,1-2H3,(H,15,16)/t5-,6-,7+/m1/s1. The van der Waals surface area contributed by atoms with Crippen molar-refractivity contribution in [2.45, 2.75) is 13.0 Å². The van der Waals surface area contributed by atoms with Crippen molar-refractivity contribution in [2.24, 2.45) is 11.8 Å². The number of nitrogens with zero attached hydrogens (tertiary/aromatic N) is 2. The Balaban J connectivity index is 2.13. The molecule has 16 heavy (non-hydrogen) atoms. The van der Waals surface area contributed by atoms with Gasteiger partial charge in [-0.1, -0.05) is 0 Å². The zero-order valence-electron chi connectivity index (χ0n) is 9.21. The molecule has 2 aliphatic heterocycles. The summed E-state index contributed by atoms with van der Waals surface area (Å²) in [5, 5.41) is 8.87. The van der Waals surface area contributed by atoms with Crippen LogP contribution in [0.5, 0.6) is 0 Å². The van der Waals surface area contributed by atoms with E-state index in [9.17, 15) is 14.4 Å². The highest BCUT2D eigenvalue weighted by molar-refractivity contribution is 6.05. The molecular weight excluding hydrogens is 212 g/mol.